The molecule has 4 heterocycles. The Hall–Kier alpha value is -1.80. The predicted molar refractivity (Wildman–Crippen MR) is 129 cm³/mol. The van der Waals surface area contributed by atoms with Crippen LogP contribution in [0.1, 0.15) is 37.7 Å². The van der Waals surface area contributed by atoms with Crippen LogP contribution in [0.25, 0.3) is 10.8 Å². The molecular weight excluding hydrogens is 457 g/mol. The maximum atomic E-state index is 14.5. The molecule has 8 heteroatoms. The molecule has 182 valence electrons. The summed E-state index contributed by atoms with van der Waals surface area (Å²) in [4.78, 5) is 19.5. The first-order chi connectivity index (χ1) is 16.4. The molecule has 1 aromatic heterocycles. The Morgan fingerprint density at radius 3 is 2.68 bits per heavy atom. The fraction of sp³-hybridized carbons (Fsp3) is 0.615. The molecule has 3 aliphatic heterocycles. The highest BCUT2D eigenvalue weighted by Gasteiger charge is 2.55. The Bertz CT molecular complexity index is 1100. The maximum absolute atomic E-state index is 14.5. The van der Waals surface area contributed by atoms with E-state index >= 15 is 0 Å². The van der Waals surface area contributed by atoms with E-state index in [0.29, 0.717) is 36.8 Å². The van der Waals surface area contributed by atoms with Gasteiger partial charge in [-0.1, -0.05) is 11.6 Å². The number of halogens is 2. The molecule has 5 atom stereocenters. The number of aromatic nitrogens is 1. The largest absolute Gasteiger partial charge is 0.381 e. The average molecular weight is 488 g/mol. The van der Waals surface area contributed by atoms with Gasteiger partial charge in [0, 0.05) is 29.1 Å². The predicted octanol–water partition coefficient (Wildman–Crippen LogP) is 4.42. The van der Waals surface area contributed by atoms with Crippen LogP contribution in [0.3, 0.4) is 0 Å². The number of hydrogen-bond donors (Lipinski definition) is 1. The number of ether oxygens (including phenoxy) is 2. The second-order valence-corrected chi connectivity index (χ2v) is 11.0. The first kappa shape index (κ1) is 22.7. The van der Waals surface area contributed by atoms with Gasteiger partial charge in [0.05, 0.1) is 25.4 Å². The van der Waals surface area contributed by atoms with Crippen LogP contribution < -0.4 is 5.32 Å². The number of hydrogen-bond acceptors (Lipinski definition) is 5. The van der Waals surface area contributed by atoms with Gasteiger partial charge in [-0.2, -0.15) is 0 Å². The smallest absolute Gasteiger partial charge is 0.229 e. The average Bonchev–Trinajstić information content (AvgIpc) is 3.48. The molecule has 3 saturated heterocycles. The first-order valence-corrected chi connectivity index (χ1v) is 12.8. The molecule has 4 fully saturated rings. The second-order valence-electron chi connectivity index (χ2n) is 10.6. The van der Waals surface area contributed by atoms with Crippen LogP contribution in [0.5, 0.6) is 0 Å². The van der Waals surface area contributed by atoms with E-state index in [1.807, 2.05) is 19.1 Å². The zero-order chi connectivity index (χ0) is 23.4. The normalized spacial score (nSPS) is 34.2. The van der Waals surface area contributed by atoms with Gasteiger partial charge in [0.2, 0.25) is 5.91 Å². The van der Waals surface area contributed by atoms with Crippen molar-refractivity contribution in [3.63, 3.8) is 0 Å². The summed E-state index contributed by atoms with van der Waals surface area (Å²) in [6.07, 6.45) is 3.65. The number of rotatable bonds is 4. The minimum Gasteiger partial charge on any atom is -0.381 e. The Morgan fingerprint density at radius 2 is 1.97 bits per heavy atom. The highest BCUT2D eigenvalue weighted by molar-refractivity contribution is 6.32. The van der Waals surface area contributed by atoms with Crippen LogP contribution in [-0.4, -0.2) is 67.0 Å². The highest BCUT2D eigenvalue weighted by atomic mass is 35.5. The highest BCUT2D eigenvalue weighted by Crippen LogP contribution is 2.51. The summed E-state index contributed by atoms with van der Waals surface area (Å²) in [6.45, 7) is 5.70. The van der Waals surface area contributed by atoms with Crippen molar-refractivity contribution in [2.75, 3.05) is 44.8 Å². The van der Waals surface area contributed by atoms with Gasteiger partial charge in [-0.25, -0.2) is 9.37 Å². The van der Waals surface area contributed by atoms with Crippen molar-refractivity contribution in [3.8, 4) is 0 Å². The third-order valence-electron chi connectivity index (χ3n) is 8.62. The van der Waals surface area contributed by atoms with Crippen LogP contribution in [0.2, 0.25) is 5.02 Å². The second kappa shape index (κ2) is 8.70. The maximum Gasteiger partial charge on any atom is 0.229 e. The van der Waals surface area contributed by atoms with E-state index in [0.717, 1.165) is 60.3 Å². The summed E-state index contributed by atoms with van der Waals surface area (Å²) in [5, 5.41) is 5.73. The molecule has 1 saturated carbocycles. The van der Waals surface area contributed by atoms with Gasteiger partial charge in [0.15, 0.2) is 0 Å². The van der Waals surface area contributed by atoms with Crippen molar-refractivity contribution >= 4 is 34.1 Å². The minimum atomic E-state index is -0.943. The van der Waals surface area contributed by atoms with Gasteiger partial charge >= 0.3 is 0 Å². The van der Waals surface area contributed by atoms with Crippen LogP contribution in [-0.2, 0) is 14.3 Å². The quantitative estimate of drug-likeness (QED) is 0.691. The van der Waals surface area contributed by atoms with Crippen LogP contribution >= 0.6 is 11.6 Å². The van der Waals surface area contributed by atoms with E-state index in [2.05, 4.69) is 21.3 Å². The molecular formula is C26H31ClFN3O3. The molecule has 6 rings (SSSR count). The number of amides is 1. The van der Waals surface area contributed by atoms with Crippen molar-refractivity contribution in [1.82, 2.24) is 9.88 Å². The van der Waals surface area contributed by atoms with Crippen molar-refractivity contribution in [2.24, 2.45) is 17.8 Å². The number of piperidine rings is 1. The molecule has 1 N–H and O–H groups in total. The summed E-state index contributed by atoms with van der Waals surface area (Å²) in [7, 11) is 0. The lowest BCUT2D eigenvalue weighted by atomic mass is 9.85. The third-order valence-corrected chi connectivity index (χ3v) is 8.95. The summed E-state index contributed by atoms with van der Waals surface area (Å²) < 4.78 is 25.4. The van der Waals surface area contributed by atoms with Crippen LogP contribution in [0.4, 0.5) is 10.2 Å². The third kappa shape index (κ3) is 3.91. The molecule has 1 aromatic carbocycles. The van der Waals surface area contributed by atoms with Crippen molar-refractivity contribution in [1.29, 1.82) is 0 Å². The van der Waals surface area contributed by atoms with Crippen molar-refractivity contribution in [2.45, 2.75) is 43.8 Å². The Labute approximate surface area is 204 Å². The van der Waals surface area contributed by atoms with Crippen molar-refractivity contribution < 1.29 is 18.7 Å². The molecule has 0 bridgehead atoms. The fourth-order valence-corrected chi connectivity index (χ4v) is 6.62. The number of pyridine rings is 1. The molecule has 4 aliphatic rings. The van der Waals surface area contributed by atoms with Gasteiger partial charge in [-0.05, 0) is 86.2 Å². The lowest BCUT2D eigenvalue weighted by Crippen LogP contribution is -2.55. The fourth-order valence-electron chi connectivity index (χ4n) is 6.30. The molecule has 0 radical (unpaired) electrons. The number of carbonyl (C=O) groups is 1. The number of carbonyl (C=O) groups excluding carboxylic acids is 1. The van der Waals surface area contributed by atoms with E-state index in [9.17, 15) is 9.18 Å². The SMILES string of the molecule is C[C@@]1(N2CCC(c3cc4cc(NC(=O)C5[C@H]6CCOC[C@H]56)ncc4cc3Cl)CC2)COC[C@@H]1F. The number of nitrogens with one attached hydrogen (secondary N) is 1. The minimum absolute atomic E-state index is 0.0435. The lowest BCUT2D eigenvalue weighted by Gasteiger charge is -2.43. The molecule has 6 nitrogen and oxygen atoms in total. The molecule has 2 aromatic rings. The molecule has 1 unspecified atom stereocenters. The van der Waals surface area contributed by atoms with E-state index in [4.69, 9.17) is 21.1 Å². The Balaban J connectivity index is 1.16. The number of fused-ring (bicyclic) bond motifs is 2. The summed E-state index contributed by atoms with van der Waals surface area (Å²) in [6, 6.07) is 6.04. The van der Waals surface area contributed by atoms with E-state index in [1.54, 1.807) is 6.20 Å². The van der Waals surface area contributed by atoms with Gasteiger partial charge in [-0.15, -0.1) is 0 Å². The number of nitrogens with zero attached hydrogens (tertiary/aromatic N) is 2. The Morgan fingerprint density at radius 1 is 1.15 bits per heavy atom. The van der Waals surface area contributed by atoms with Gasteiger partial charge < -0.3 is 14.8 Å². The van der Waals surface area contributed by atoms with E-state index in [-0.39, 0.29) is 18.4 Å². The molecule has 1 aliphatic carbocycles. The number of alkyl halides is 1. The number of likely N-dealkylation sites (tertiary alicyclic amines) is 1. The van der Waals surface area contributed by atoms with Gasteiger partial charge in [0.1, 0.15) is 12.0 Å². The summed E-state index contributed by atoms with van der Waals surface area (Å²) in [5.74, 6) is 1.80. The van der Waals surface area contributed by atoms with Crippen LogP contribution in [0.15, 0.2) is 24.4 Å². The molecule has 1 amide bonds. The van der Waals surface area contributed by atoms with Crippen molar-refractivity contribution in [3.05, 3.63) is 35.0 Å². The standard InChI is InChI=1S/C26H31ClFN3O3/c1-26(14-34-13-22(26)28)31-5-2-15(3-6-31)19-8-16-10-23(29-11-17(16)9-21(19)27)30-25(32)24-18-4-7-33-12-20(18)24/h8-11,15,18,20,22,24H,2-7,12-14H2,1H3,(H,29,30,32)/t18-,20-,22-,24?,26+/m0/s1. The van der Waals surface area contributed by atoms with Gasteiger partial charge in [0.25, 0.3) is 0 Å². The van der Waals surface area contributed by atoms with E-state index < -0.39 is 11.7 Å². The van der Waals surface area contributed by atoms with Gasteiger partial charge in [-0.3, -0.25) is 9.69 Å². The van der Waals surface area contributed by atoms with E-state index in [1.165, 1.54) is 0 Å². The zero-order valence-corrected chi connectivity index (χ0v) is 20.2. The number of anilines is 1. The number of benzene rings is 1. The summed E-state index contributed by atoms with van der Waals surface area (Å²) >= 11 is 6.69. The summed E-state index contributed by atoms with van der Waals surface area (Å²) in [5.41, 5.74) is 0.592. The molecule has 0 spiro atoms. The zero-order valence-electron chi connectivity index (χ0n) is 19.4. The lowest BCUT2D eigenvalue weighted by molar-refractivity contribution is -0.117. The first-order valence-electron chi connectivity index (χ1n) is 12.4. The topological polar surface area (TPSA) is 63.7 Å². The molecule has 34 heavy (non-hydrogen) atoms. The van der Waals surface area contributed by atoms with Crippen LogP contribution in [0, 0.1) is 17.8 Å². The Kier molecular flexibility index (Phi) is 5.79. The monoisotopic (exact) mass is 487 g/mol.